The molecular formula is C24H20F12N4O2. The normalized spacial score (nSPS) is 18.3. The summed E-state index contributed by atoms with van der Waals surface area (Å²) in [5.74, 6) is 0. The molecule has 1 aliphatic rings. The first kappa shape index (κ1) is 32.7. The minimum atomic E-state index is -5.17. The third-order valence-corrected chi connectivity index (χ3v) is 6.09. The number of benzene rings is 2. The summed E-state index contributed by atoms with van der Waals surface area (Å²) in [6.07, 6.45) is -19.4. The van der Waals surface area contributed by atoms with Crippen molar-refractivity contribution in [3.63, 3.8) is 0 Å². The highest BCUT2D eigenvalue weighted by Gasteiger charge is 2.39. The molecule has 42 heavy (non-hydrogen) atoms. The highest BCUT2D eigenvalue weighted by atomic mass is 19.4. The van der Waals surface area contributed by atoms with Gasteiger partial charge in [0.15, 0.2) is 0 Å². The van der Waals surface area contributed by atoms with E-state index in [4.69, 9.17) is 0 Å². The SMILES string of the molecule is O=C(Nc1cc(C(F)(F)F)cc(C(F)(F)F)c1)N[C@@H]1CCCC[C@H]1NC(=O)Nc1cc(C(F)(F)F)cc(C(F)(F)F)c1. The minimum Gasteiger partial charge on any atom is -0.333 e. The van der Waals surface area contributed by atoms with E-state index in [1.54, 1.807) is 0 Å². The summed E-state index contributed by atoms with van der Waals surface area (Å²) in [6.45, 7) is 0. The van der Waals surface area contributed by atoms with E-state index in [1.807, 2.05) is 10.6 Å². The Morgan fingerprint density at radius 1 is 0.500 bits per heavy atom. The molecule has 0 heterocycles. The van der Waals surface area contributed by atoms with Crippen molar-refractivity contribution in [3.05, 3.63) is 58.7 Å². The van der Waals surface area contributed by atoms with Crippen molar-refractivity contribution in [1.29, 1.82) is 0 Å². The largest absolute Gasteiger partial charge is 0.416 e. The van der Waals surface area contributed by atoms with Crippen molar-refractivity contribution in [1.82, 2.24) is 10.6 Å². The van der Waals surface area contributed by atoms with Gasteiger partial charge in [-0.25, -0.2) is 9.59 Å². The zero-order chi connectivity index (χ0) is 31.7. The maximum Gasteiger partial charge on any atom is 0.416 e. The maximum absolute atomic E-state index is 13.1. The summed E-state index contributed by atoms with van der Waals surface area (Å²) in [4.78, 5) is 24.9. The Hall–Kier alpha value is -3.86. The second-order valence-corrected chi connectivity index (χ2v) is 9.28. The van der Waals surface area contributed by atoms with Gasteiger partial charge in [0, 0.05) is 11.4 Å². The van der Waals surface area contributed by atoms with Crippen LogP contribution < -0.4 is 21.3 Å². The first-order valence-corrected chi connectivity index (χ1v) is 11.9. The smallest absolute Gasteiger partial charge is 0.333 e. The van der Waals surface area contributed by atoms with E-state index in [1.165, 1.54) is 0 Å². The van der Waals surface area contributed by atoms with Crippen molar-refractivity contribution in [3.8, 4) is 0 Å². The first-order chi connectivity index (χ1) is 19.1. The predicted molar refractivity (Wildman–Crippen MR) is 123 cm³/mol. The molecule has 6 nitrogen and oxygen atoms in total. The lowest BCUT2D eigenvalue weighted by Gasteiger charge is -2.32. The standard InChI is InChI=1S/C24H20F12N4O2/c25-21(26,27)11-5-12(22(28,29)30)8-15(7-11)37-19(41)39-17-3-1-2-4-18(17)40-20(42)38-16-9-13(23(31,32)33)6-14(10-16)24(34,35)36/h5-10,17-18H,1-4H2,(H2,37,39,41)(H2,38,40,42)/t17-,18-/m1/s1. The Kier molecular flexibility index (Phi) is 9.17. The van der Waals surface area contributed by atoms with Crippen LogP contribution in [-0.2, 0) is 24.7 Å². The molecule has 4 amide bonds. The van der Waals surface area contributed by atoms with Crippen molar-refractivity contribution in [2.75, 3.05) is 10.6 Å². The van der Waals surface area contributed by atoms with Crippen LogP contribution in [0.4, 0.5) is 73.6 Å². The van der Waals surface area contributed by atoms with Crippen LogP contribution in [0, 0.1) is 0 Å². The Morgan fingerprint density at radius 2 is 0.762 bits per heavy atom. The van der Waals surface area contributed by atoms with Gasteiger partial charge in [0.25, 0.3) is 0 Å². The lowest BCUT2D eigenvalue weighted by molar-refractivity contribution is -0.144. The fourth-order valence-corrected chi connectivity index (χ4v) is 4.20. The van der Waals surface area contributed by atoms with E-state index in [0.29, 0.717) is 12.8 Å². The number of urea groups is 2. The zero-order valence-electron chi connectivity index (χ0n) is 20.8. The molecule has 18 heteroatoms. The summed E-state index contributed by atoms with van der Waals surface area (Å²) in [5.41, 5.74) is -8.38. The number of carbonyl (C=O) groups is 2. The van der Waals surface area contributed by atoms with Crippen LogP contribution in [0.15, 0.2) is 36.4 Å². The average molecular weight is 624 g/mol. The van der Waals surface area contributed by atoms with Gasteiger partial charge in [-0.3, -0.25) is 0 Å². The molecule has 0 spiro atoms. The van der Waals surface area contributed by atoms with Gasteiger partial charge in [-0.15, -0.1) is 0 Å². The molecule has 0 aromatic heterocycles. The molecule has 0 radical (unpaired) electrons. The van der Waals surface area contributed by atoms with Crippen molar-refractivity contribution >= 4 is 23.4 Å². The molecular weight excluding hydrogens is 604 g/mol. The van der Waals surface area contributed by atoms with Gasteiger partial charge in [0.05, 0.1) is 34.3 Å². The van der Waals surface area contributed by atoms with Crippen LogP contribution in [0.3, 0.4) is 0 Å². The molecule has 0 saturated heterocycles. The van der Waals surface area contributed by atoms with Crippen LogP contribution in [-0.4, -0.2) is 24.1 Å². The number of rotatable bonds is 4. The van der Waals surface area contributed by atoms with Crippen LogP contribution in [0.25, 0.3) is 0 Å². The fraction of sp³-hybridized carbons (Fsp3) is 0.417. The molecule has 0 unspecified atom stereocenters. The number of amides is 4. The third-order valence-electron chi connectivity index (χ3n) is 6.09. The van der Waals surface area contributed by atoms with Gasteiger partial charge >= 0.3 is 36.8 Å². The van der Waals surface area contributed by atoms with Gasteiger partial charge in [0.2, 0.25) is 0 Å². The molecule has 1 fully saturated rings. The molecule has 4 N–H and O–H groups in total. The number of carbonyl (C=O) groups excluding carboxylic acids is 2. The van der Waals surface area contributed by atoms with Crippen molar-refractivity contribution in [2.45, 2.75) is 62.5 Å². The number of anilines is 2. The number of alkyl halides is 12. The molecule has 0 aliphatic heterocycles. The third kappa shape index (κ3) is 8.82. The fourth-order valence-electron chi connectivity index (χ4n) is 4.20. The second kappa shape index (κ2) is 11.8. The number of hydrogen-bond acceptors (Lipinski definition) is 2. The molecule has 232 valence electrons. The molecule has 1 saturated carbocycles. The molecule has 2 aromatic carbocycles. The summed E-state index contributed by atoms with van der Waals surface area (Å²) < 4.78 is 157. The minimum absolute atomic E-state index is 0.134. The maximum atomic E-state index is 13.1. The van der Waals surface area contributed by atoms with Gasteiger partial charge in [-0.1, -0.05) is 12.8 Å². The second-order valence-electron chi connectivity index (χ2n) is 9.28. The van der Waals surface area contributed by atoms with Gasteiger partial charge in [-0.05, 0) is 49.2 Å². The van der Waals surface area contributed by atoms with E-state index in [0.717, 1.165) is 0 Å². The van der Waals surface area contributed by atoms with E-state index in [9.17, 15) is 62.3 Å². The highest BCUT2D eigenvalue weighted by molar-refractivity contribution is 5.91. The quantitative estimate of drug-likeness (QED) is 0.260. The summed E-state index contributed by atoms with van der Waals surface area (Å²) >= 11 is 0. The summed E-state index contributed by atoms with van der Waals surface area (Å²) in [5, 5.41) is 8.37. The van der Waals surface area contributed by atoms with E-state index in [2.05, 4.69) is 10.6 Å². The van der Waals surface area contributed by atoms with Crippen molar-refractivity contribution < 1.29 is 62.3 Å². The Balaban J connectivity index is 1.73. The Bertz CT molecular complexity index is 1140. The highest BCUT2D eigenvalue weighted by Crippen LogP contribution is 2.39. The van der Waals surface area contributed by atoms with Gasteiger partial charge < -0.3 is 21.3 Å². The molecule has 3 rings (SSSR count). The average Bonchev–Trinajstić information content (AvgIpc) is 2.82. The van der Waals surface area contributed by atoms with E-state index < -0.39 is 82.5 Å². The Labute approximate surface area is 228 Å². The topological polar surface area (TPSA) is 82.3 Å². The lowest BCUT2D eigenvalue weighted by atomic mass is 9.90. The summed E-state index contributed by atoms with van der Waals surface area (Å²) in [6, 6.07) is -3.51. The van der Waals surface area contributed by atoms with Gasteiger partial charge in [-0.2, -0.15) is 52.7 Å². The van der Waals surface area contributed by atoms with Crippen LogP contribution in [0.1, 0.15) is 47.9 Å². The number of nitrogens with one attached hydrogen (secondary N) is 4. The number of hydrogen-bond donors (Lipinski definition) is 4. The molecule has 1 aliphatic carbocycles. The van der Waals surface area contributed by atoms with E-state index >= 15 is 0 Å². The zero-order valence-corrected chi connectivity index (χ0v) is 20.8. The van der Waals surface area contributed by atoms with Crippen molar-refractivity contribution in [2.24, 2.45) is 0 Å². The first-order valence-electron chi connectivity index (χ1n) is 11.9. The van der Waals surface area contributed by atoms with Crippen LogP contribution >= 0.6 is 0 Å². The number of halogens is 12. The molecule has 0 bridgehead atoms. The molecule has 2 atom stereocenters. The van der Waals surface area contributed by atoms with E-state index in [-0.39, 0.29) is 49.2 Å². The van der Waals surface area contributed by atoms with Crippen LogP contribution in [0.2, 0.25) is 0 Å². The Morgan fingerprint density at radius 3 is 1.00 bits per heavy atom. The van der Waals surface area contributed by atoms with Gasteiger partial charge in [0.1, 0.15) is 0 Å². The lowest BCUT2D eigenvalue weighted by Crippen LogP contribution is -2.54. The summed E-state index contributed by atoms with van der Waals surface area (Å²) in [7, 11) is 0. The predicted octanol–water partition coefficient (Wildman–Crippen LogP) is 8.02. The monoisotopic (exact) mass is 624 g/mol. The molecule has 2 aromatic rings. The van der Waals surface area contributed by atoms with Crippen LogP contribution in [0.5, 0.6) is 0 Å².